The summed E-state index contributed by atoms with van der Waals surface area (Å²) < 4.78 is 5.51. The lowest BCUT2D eigenvalue weighted by Crippen LogP contribution is -2.09. The zero-order valence-electron chi connectivity index (χ0n) is 9.35. The van der Waals surface area contributed by atoms with Crippen LogP contribution in [-0.4, -0.2) is 23.4 Å². The van der Waals surface area contributed by atoms with Gasteiger partial charge in [0.2, 0.25) is 0 Å². The zero-order chi connectivity index (χ0) is 11.4. The lowest BCUT2D eigenvalue weighted by molar-refractivity contribution is 0.156. The van der Waals surface area contributed by atoms with Crippen LogP contribution in [0.1, 0.15) is 36.5 Å². The second kappa shape index (κ2) is 5.32. The van der Waals surface area contributed by atoms with Crippen LogP contribution in [0.5, 0.6) is 5.75 Å². The molecular weight excluding hydrogens is 204 g/mol. The van der Waals surface area contributed by atoms with Crippen molar-refractivity contribution in [2.45, 2.75) is 31.8 Å². The third-order valence-corrected chi connectivity index (χ3v) is 2.97. The van der Waals surface area contributed by atoms with Gasteiger partial charge in [0, 0.05) is 13.0 Å². The molecule has 3 heteroatoms. The maximum absolute atomic E-state index is 9.79. The first-order valence-electron chi connectivity index (χ1n) is 5.86. The van der Waals surface area contributed by atoms with E-state index in [1.807, 2.05) is 18.2 Å². The number of aliphatic hydroxyl groups excluding tert-OH is 2. The van der Waals surface area contributed by atoms with Gasteiger partial charge in [-0.3, -0.25) is 0 Å². The fourth-order valence-electron chi connectivity index (χ4n) is 2.11. The maximum atomic E-state index is 9.79. The van der Waals surface area contributed by atoms with Gasteiger partial charge in [-0.1, -0.05) is 6.07 Å². The Morgan fingerprint density at radius 2 is 2.25 bits per heavy atom. The molecule has 1 aromatic rings. The first-order valence-corrected chi connectivity index (χ1v) is 5.86. The molecule has 0 spiro atoms. The maximum Gasteiger partial charge on any atom is 0.119 e. The first-order chi connectivity index (χ1) is 7.81. The second-order valence-corrected chi connectivity index (χ2v) is 4.19. The molecule has 1 aliphatic rings. The Kier molecular flexibility index (Phi) is 3.80. The standard InChI is InChI=1S/C13H18O3/c14-7-2-8-16-11-5-6-12-10(9-11)3-1-4-13(12)15/h5-6,9,13-15H,1-4,7-8H2. The number of rotatable bonds is 4. The van der Waals surface area contributed by atoms with Gasteiger partial charge in [-0.25, -0.2) is 0 Å². The Balaban J connectivity index is 2.06. The van der Waals surface area contributed by atoms with Crippen molar-refractivity contribution in [3.8, 4) is 5.75 Å². The third kappa shape index (κ3) is 2.54. The van der Waals surface area contributed by atoms with Crippen LogP contribution in [0.2, 0.25) is 0 Å². The van der Waals surface area contributed by atoms with Gasteiger partial charge in [0.1, 0.15) is 5.75 Å². The van der Waals surface area contributed by atoms with Crippen molar-refractivity contribution in [1.82, 2.24) is 0 Å². The molecule has 1 atom stereocenters. The molecule has 88 valence electrons. The van der Waals surface area contributed by atoms with Gasteiger partial charge in [0.05, 0.1) is 12.7 Å². The minimum Gasteiger partial charge on any atom is -0.493 e. The molecule has 0 radical (unpaired) electrons. The predicted molar refractivity (Wildman–Crippen MR) is 61.5 cm³/mol. The SMILES string of the molecule is OCCCOc1ccc2c(c1)CCCC2O. The largest absolute Gasteiger partial charge is 0.493 e. The summed E-state index contributed by atoms with van der Waals surface area (Å²) in [5.41, 5.74) is 2.24. The minimum atomic E-state index is -0.310. The van der Waals surface area contributed by atoms with E-state index in [1.54, 1.807) is 0 Å². The Hall–Kier alpha value is -1.06. The highest BCUT2D eigenvalue weighted by Crippen LogP contribution is 2.31. The van der Waals surface area contributed by atoms with Crippen molar-refractivity contribution in [1.29, 1.82) is 0 Å². The molecule has 3 nitrogen and oxygen atoms in total. The van der Waals surface area contributed by atoms with Gasteiger partial charge in [-0.05, 0) is 42.5 Å². The molecular formula is C13H18O3. The minimum absolute atomic E-state index is 0.156. The third-order valence-electron chi connectivity index (χ3n) is 2.97. The molecule has 0 amide bonds. The molecule has 2 N–H and O–H groups in total. The molecule has 0 fully saturated rings. The van der Waals surface area contributed by atoms with Crippen LogP contribution in [0.4, 0.5) is 0 Å². The molecule has 0 aliphatic heterocycles. The number of hydrogen-bond donors (Lipinski definition) is 2. The average Bonchev–Trinajstić information content (AvgIpc) is 2.30. The number of hydrogen-bond acceptors (Lipinski definition) is 3. The molecule has 0 saturated carbocycles. The van der Waals surface area contributed by atoms with E-state index in [0.717, 1.165) is 30.6 Å². The van der Waals surface area contributed by atoms with E-state index < -0.39 is 0 Å². The van der Waals surface area contributed by atoms with E-state index in [4.69, 9.17) is 9.84 Å². The van der Waals surface area contributed by atoms with Crippen molar-refractivity contribution in [2.75, 3.05) is 13.2 Å². The fourth-order valence-corrected chi connectivity index (χ4v) is 2.11. The Morgan fingerprint density at radius 3 is 3.06 bits per heavy atom. The quantitative estimate of drug-likeness (QED) is 0.764. The van der Waals surface area contributed by atoms with Crippen molar-refractivity contribution in [2.24, 2.45) is 0 Å². The molecule has 0 bridgehead atoms. The summed E-state index contributed by atoms with van der Waals surface area (Å²) in [7, 11) is 0. The van der Waals surface area contributed by atoms with E-state index in [-0.39, 0.29) is 12.7 Å². The number of aryl methyl sites for hydroxylation is 1. The topological polar surface area (TPSA) is 49.7 Å². The summed E-state index contributed by atoms with van der Waals surface area (Å²) in [5, 5.41) is 18.5. The summed E-state index contributed by atoms with van der Waals surface area (Å²) in [6.45, 7) is 0.696. The number of aliphatic hydroxyl groups is 2. The Labute approximate surface area is 95.7 Å². The molecule has 1 aliphatic carbocycles. The van der Waals surface area contributed by atoms with Crippen LogP contribution in [-0.2, 0) is 6.42 Å². The van der Waals surface area contributed by atoms with E-state index in [0.29, 0.717) is 13.0 Å². The predicted octanol–water partition coefficient (Wildman–Crippen LogP) is 1.82. The van der Waals surface area contributed by atoms with E-state index in [2.05, 4.69) is 0 Å². The van der Waals surface area contributed by atoms with Crippen LogP contribution in [0.3, 0.4) is 0 Å². The highest BCUT2D eigenvalue weighted by atomic mass is 16.5. The number of benzene rings is 1. The summed E-state index contributed by atoms with van der Waals surface area (Å²) in [5.74, 6) is 0.835. The van der Waals surface area contributed by atoms with Gasteiger partial charge in [-0.2, -0.15) is 0 Å². The summed E-state index contributed by atoms with van der Waals surface area (Å²) >= 11 is 0. The molecule has 2 rings (SSSR count). The van der Waals surface area contributed by atoms with Crippen LogP contribution in [0.25, 0.3) is 0 Å². The number of ether oxygens (including phenoxy) is 1. The fraction of sp³-hybridized carbons (Fsp3) is 0.538. The smallest absolute Gasteiger partial charge is 0.119 e. The van der Waals surface area contributed by atoms with Crippen molar-refractivity contribution < 1.29 is 14.9 Å². The normalized spacial score (nSPS) is 19.2. The molecule has 0 saturated heterocycles. The highest BCUT2D eigenvalue weighted by molar-refractivity contribution is 5.38. The monoisotopic (exact) mass is 222 g/mol. The average molecular weight is 222 g/mol. The van der Waals surface area contributed by atoms with Gasteiger partial charge < -0.3 is 14.9 Å². The highest BCUT2D eigenvalue weighted by Gasteiger charge is 2.17. The zero-order valence-corrected chi connectivity index (χ0v) is 9.35. The molecule has 1 aromatic carbocycles. The van der Waals surface area contributed by atoms with Crippen molar-refractivity contribution in [3.63, 3.8) is 0 Å². The molecule has 0 heterocycles. The van der Waals surface area contributed by atoms with E-state index in [1.165, 1.54) is 5.56 Å². The van der Waals surface area contributed by atoms with Gasteiger partial charge in [0.15, 0.2) is 0 Å². The summed E-state index contributed by atoms with van der Waals surface area (Å²) in [4.78, 5) is 0. The number of fused-ring (bicyclic) bond motifs is 1. The molecule has 0 aromatic heterocycles. The van der Waals surface area contributed by atoms with E-state index in [9.17, 15) is 5.11 Å². The van der Waals surface area contributed by atoms with Gasteiger partial charge >= 0.3 is 0 Å². The molecule has 1 unspecified atom stereocenters. The van der Waals surface area contributed by atoms with Crippen LogP contribution < -0.4 is 4.74 Å². The van der Waals surface area contributed by atoms with Gasteiger partial charge in [-0.15, -0.1) is 0 Å². The lowest BCUT2D eigenvalue weighted by Gasteiger charge is -2.21. The van der Waals surface area contributed by atoms with Crippen LogP contribution in [0.15, 0.2) is 18.2 Å². The van der Waals surface area contributed by atoms with E-state index >= 15 is 0 Å². The molecule has 16 heavy (non-hydrogen) atoms. The van der Waals surface area contributed by atoms with Crippen molar-refractivity contribution >= 4 is 0 Å². The summed E-state index contributed by atoms with van der Waals surface area (Å²) in [6.07, 6.45) is 3.25. The van der Waals surface area contributed by atoms with Crippen LogP contribution >= 0.6 is 0 Å². The Bertz CT molecular complexity index is 349. The van der Waals surface area contributed by atoms with Gasteiger partial charge in [0.25, 0.3) is 0 Å². The first kappa shape index (κ1) is 11.4. The second-order valence-electron chi connectivity index (χ2n) is 4.19. The summed E-state index contributed by atoms with van der Waals surface area (Å²) in [6, 6.07) is 5.85. The Morgan fingerprint density at radius 1 is 1.38 bits per heavy atom. The van der Waals surface area contributed by atoms with Crippen molar-refractivity contribution in [3.05, 3.63) is 29.3 Å². The van der Waals surface area contributed by atoms with Crippen LogP contribution in [0, 0.1) is 0 Å². The lowest BCUT2D eigenvalue weighted by atomic mass is 9.89.